The first-order valence-electron chi connectivity index (χ1n) is 6.19. The Morgan fingerprint density at radius 3 is 2.52 bits per heavy atom. The summed E-state index contributed by atoms with van der Waals surface area (Å²) in [5, 5.41) is 9.07. The minimum atomic E-state index is -4.27. The molecule has 0 saturated carbocycles. The molecule has 0 aromatic carbocycles. The summed E-state index contributed by atoms with van der Waals surface area (Å²) < 4.78 is 27.5. The molecule has 116 valence electrons. The van der Waals surface area contributed by atoms with Crippen molar-refractivity contribution in [1.82, 2.24) is 13.4 Å². The van der Waals surface area contributed by atoms with Crippen molar-refractivity contribution in [3.05, 3.63) is 27.0 Å². The molecule has 1 aliphatic rings. The van der Waals surface area contributed by atoms with Gasteiger partial charge in [-0.2, -0.15) is 4.31 Å². The second-order valence-electron chi connectivity index (χ2n) is 4.86. The van der Waals surface area contributed by atoms with Crippen LogP contribution in [0.25, 0.3) is 0 Å². The van der Waals surface area contributed by atoms with Gasteiger partial charge in [-0.3, -0.25) is 14.2 Å². The molecule has 1 aromatic rings. The first-order chi connectivity index (χ1) is 9.67. The highest BCUT2D eigenvalue weighted by atomic mass is 32.2. The molecule has 1 saturated heterocycles. The summed E-state index contributed by atoms with van der Waals surface area (Å²) in [7, 11) is -1.78. The zero-order valence-electron chi connectivity index (χ0n) is 11.5. The van der Waals surface area contributed by atoms with Crippen LogP contribution in [-0.2, 0) is 28.9 Å². The first kappa shape index (κ1) is 15.4. The van der Waals surface area contributed by atoms with Gasteiger partial charge in [0.1, 0.15) is 6.04 Å². The molecule has 10 heteroatoms. The van der Waals surface area contributed by atoms with E-state index in [2.05, 4.69) is 0 Å². The Labute approximate surface area is 120 Å². The molecule has 1 aromatic heterocycles. The number of aryl methyl sites for hydroxylation is 1. The molecule has 0 radical (unpaired) electrons. The van der Waals surface area contributed by atoms with Gasteiger partial charge in [0.25, 0.3) is 15.6 Å². The number of carboxylic acids is 1. The Morgan fingerprint density at radius 1 is 1.33 bits per heavy atom. The number of carbonyl (C=O) groups is 1. The van der Waals surface area contributed by atoms with E-state index in [4.69, 9.17) is 5.11 Å². The average Bonchev–Trinajstić information content (AvgIpc) is 2.90. The van der Waals surface area contributed by atoms with Crippen molar-refractivity contribution in [3.63, 3.8) is 0 Å². The number of sulfonamides is 1. The van der Waals surface area contributed by atoms with E-state index in [1.54, 1.807) is 0 Å². The van der Waals surface area contributed by atoms with Crippen molar-refractivity contribution in [1.29, 1.82) is 0 Å². The van der Waals surface area contributed by atoms with Crippen molar-refractivity contribution in [2.45, 2.75) is 23.8 Å². The average molecular weight is 317 g/mol. The summed E-state index contributed by atoms with van der Waals surface area (Å²) in [4.78, 5) is 34.1. The molecule has 1 atom stereocenters. The first-order valence-corrected chi connectivity index (χ1v) is 7.63. The molecule has 9 nitrogen and oxygen atoms in total. The number of aromatic nitrogens is 2. The largest absolute Gasteiger partial charge is 0.480 e. The fourth-order valence-corrected chi connectivity index (χ4v) is 4.15. The molecule has 0 amide bonds. The van der Waals surface area contributed by atoms with Crippen molar-refractivity contribution in [2.75, 3.05) is 6.54 Å². The number of nitrogens with zero attached hydrogens (tertiary/aromatic N) is 3. The van der Waals surface area contributed by atoms with Crippen LogP contribution in [-0.4, -0.2) is 45.5 Å². The van der Waals surface area contributed by atoms with Gasteiger partial charge in [0.15, 0.2) is 4.90 Å². The maximum atomic E-state index is 12.5. The molecule has 2 heterocycles. The third-order valence-electron chi connectivity index (χ3n) is 3.49. The summed E-state index contributed by atoms with van der Waals surface area (Å²) in [5.74, 6) is -1.25. The Bertz CT molecular complexity index is 806. The standard InChI is InChI=1S/C11H15N3O6S/c1-12-6-8(9(15)13(2)11(12)18)21(19,20)14-5-3-4-7(14)10(16)17/h6-7H,3-5H2,1-2H3,(H,16,17). The van der Waals surface area contributed by atoms with Crippen molar-refractivity contribution in [2.24, 2.45) is 14.1 Å². The summed E-state index contributed by atoms with van der Waals surface area (Å²) in [5.41, 5.74) is -1.62. The van der Waals surface area contributed by atoms with E-state index in [1.807, 2.05) is 0 Å². The predicted octanol–water partition coefficient (Wildman–Crippen LogP) is -1.68. The van der Waals surface area contributed by atoms with Crippen LogP contribution in [0.1, 0.15) is 12.8 Å². The van der Waals surface area contributed by atoms with Crippen molar-refractivity contribution in [3.8, 4) is 0 Å². The maximum Gasteiger partial charge on any atom is 0.330 e. The monoisotopic (exact) mass is 317 g/mol. The molecule has 0 bridgehead atoms. The molecule has 0 aliphatic carbocycles. The quantitative estimate of drug-likeness (QED) is 0.711. The number of aliphatic carboxylic acids is 1. The van der Waals surface area contributed by atoms with E-state index in [9.17, 15) is 22.8 Å². The third-order valence-corrected chi connectivity index (χ3v) is 5.38. The van der Waals surface area contributed by atoms with Gasteiger partial charge in [-0.25, -0.2) is 13.2 Å². The molecule has 2 rings (SSSR count). The van der Waals surface area contributed by atoms with Crippen LogP contribution in [0.5, 0.6) is 0 Å². The molecule has 1 N–H and O–H groups in total. The molecule has 1 unspecified atom stereocenters. The summed E-state index contributed by atoms with van der Waals surface area (Å²) in [6.45, 7) is 0.0330. The van der Waals surface area contributed by atoms with Gasteiger partial charge in [0.2, 0.25) is 0 Å². The molecule has 21 heavy (non-hydrogen) atoms. The third kappa shape index (κ3) is 2.40. The Balaban J connectivity index is 2.63. The summed E-state index contributed by atoms with van der Waals surface area (Å²) in [6, 6.07) is -1.18. The molecule has 0 spiro atoms. The van der Waals surface area contributed by atoms with Gasteiger partial charge in [-0.05, 0) is 12.8 Å². The topological polar surface area (TPSA) is 119 Å². The van der Waals surface area contributed by atoms with Crippen LogP contribution < -0.4 is 11.2 Å². The van der Waals surface area contributed by atoms with Gasteiger partial charge in [-0.1, -0.05) is 0 Å². The lowest BCUT2D eigenvalue weighted by Gasteiger charge is -2.20. The normalized spacial score (nSPS) is 19.8. The van der Waals surface area contributed by atoms with Crippen LogP contribution in [0.3, 0.4) is 0 Å². The number of hydrogen-bond donors (Lipinski definition) is 1. The van der Waals surface area contributed by atoms with Crippen molar-refractivity contribution < 1.29 is 18.3 Å². The van der Waals surface area contributed by atoms with Gasteiger partial charge >= 0.3 is 11.7 Å². The van der Waals surface area contributed by atoms with E-state index in [0.717, 1.165) is 15.1 Å². The maximum absolute atomic E-state index is 12.5. The fraction of sp³-hybridized carbons (Fsp3) is 0.545. The number of hydrogen-bond acceptors (Lipinski definition) is 5. The zero-order chi connectivity index (χ0) is 15.9. The summed E-state index contributed by atoms with van der Waals surface area (Å²) >= 11 is 0. The second kappa shape index (κ2) is 5.11. The highest BCUT2D eigenvalue weighted by Gasteiger charge is 2.41. The number of carboxylic acid groups (broad SMARTS) is 1. The lowest BCUT2D eigenvalue weighted by Crippen LogP contribution is -2.45. The zero-order valence-corrected chi connectivity index (χ0v) is 12.3. The molecular formula is C11H15N3O6S. The van der Waals surface area contributed by atoms with Crippen LogP contribution in [0.15, 0.2) is 20.7 Å². The Morgan fingerprint density at radius 2 is 1.95 bits per heavy atom. The highest BCUT2D eigenvalue weighted by Crippen LogP contribution is 2.24. The van der Waals surface area contributed by atoms with Crippen LogP contribution >= 0.6 is 0 Å². The van der Waals surface area contributed by atoms with Crippen LogP contribution in [0, 0.1) is 0 Å². The smallest absolute Gasteiger partial charge is 0.330 e. The van der Waals surface area contributed by atoms with Gasteiger partial charge < -0.3 is 9.67 Å². The van der Waals surface area contributed by atoms with Gasteiger partial charge in [0.05, 0.1) is 0 Å². The highest BCUT2D eigenvalue weighted by molar-refractivity contribution is 7.89. The minimum absolute atomic E-state index is 0.0330. The van der Waals surface area contributed by atoms with Crippen molar-refractivity contribution >= 4 is 16.0 Å². The van der Waals surface area contributed by atoms with Gasteiger partial charge in [0, 0.05) is 26.8 Å². The minimum Gasteiger partial charge on any atom is -0.480 e. The molecular weight excluding hydrogens is 302 g/mol. The van der Waals surface area contributed by atoms with Crippen LogP contribution in [0.4, 0.5) is 0 Å². The lowest BCUT2D eigenvalue weighted by molar-refractivity contribution is -0.140. The number of rotatable bonds is 3. The van der Waals surface area contributed by atoms with E-state index in [1.165, 1.54) is 14.1 Å². The Kier molecular flexibility index (Phi) is 3.76. The Hall–Kier alpha value is -1.94. The van der Waals surface area contributed by atoms with Gasteiger partial charge in [-0.15, -0.1) is 0 Å². The lowest BCUT2D eigenvalue weighted by atomic mass is 10.2. The van der Waals surface area contributed by atoms with E-state index in [-0.39, 0.29) is 13.0 Å². The summed E-state index contributed by atoms with van der Waals surface area (Å²) in [6.07, 6.45) is 1.53. The van der Waals surface area contributed by atoms with Crippen LogP contribution in [0.2, 0.25) is 0 Å². The SMILES string of the molecule is Cn1cc(S(=O)(=O)N2CCCC2C(=O)O)c(=O)n(C)c1=O. The predicted molar refractivity (Wildman–Crippen MR) is 71.5 cm³/mol. The molecule has 1 fully saturated rings. The van der Waals surface area contributed by atoms with E-state index < -0.39 is 38.2 Å². The van der Waals surface area contributed by atoms with E-state index >= 15 is 0 Å². The molecule has 1 aliphatic heterocycles. The fourth-order valence-electron chi connectivity index (χ4n) is 2.35. The second-order valence-corrected chi connectivity index (χ2v) is 6.72. The van der Waals surface area contributed by atoms with E-state index in [0.29, 0.717) is 11.0 Å².